The van der Waals surface area contributed by atoms with Gasteiger partial charge in [-0.05, 0) is 62.2 Å². The van der Waals surface area contributed by atoms with Gasteiger partial charge in [-0.2, -0.15) is 5.10 Å². The first-order chi connectivity index (χ1) is 16.4. The zero-order chi connectivity index (χ0) is 24.2. The molecule has 0 aliphatic heterocycles. The van der Waals surface area contributed by atoms with Crippen molar-refractivity contribution >= 4 is 17.2 Å². The Morgan fingerprint density at radius 2 is 1.65 bits per heavy atom. The molecule has 4 aromatic rings. The summed E-state index contributed by atoms with van der Waals surface area (Å²) in [4.78, 5) is 17.3. The molecule has 34 heavy (non-hydrogen) atoms. The fourth-order valence-corrected chi connectivity index (χ4v) is 3.97. The van der Waals surface area contributed by atoms with Crippen LogP contribution < -0.4 is 19.5 Å². The Balaban J connectivity index is 1.55. The number of carbonyl (C=O) groups is 1. The summed E-state index contributed by atoms with van der Waals surface area (Å²) in [6.45, 7) is 3.96. The maximum absolute atomic E-state index is 12.5. The molecule has 2 heterocycles. The Kier molecular flexibility index (Phi) is 6.67. The summed E-state index contributed by atoms with van der Waals surface area (Å²) in [5.41, 5.74) is 5.94. The third kappa shape index (κ3) is 4.66. The van der Waals surface area contributed by atoms with Crippen LogP contribution in [0.2, 0.25) is 0 Å². The van der Waals surface area contributed by atoms with E-state index in [9.17, 15) is 4.79 Å². The van der Waals surface area contributed by atoms with E-state index in [0.717, 1.165) is 45.3 Å². The molecule has 0 fully saturated rings. The van der Waals surface area contributed by atoms with E-state index in [2.05, 4.69) is 5.32 Å². The highest BCUT2D eigenvalue weighted by Gasteiger charge is 2.16. The SMILES string of the molecule is COc1ccc(NC(=O)CCc2c(C)nc3cc(-c4ccc(OC)cc4OC)nn3c2C)cc1. The van der Waals surface area contributed by atoms with Gasteiger partial charge in [0.2, 0.25) is 5.91 Å². The largest absolute Gasteiger partial charge is 0.497 e. The third-order valence-electron chi connectivity index (χ3n) is 5.82. The van der Waals surface area contributed by atoms with Crippen molar-refractivity contribution in [3.05, 3.63) is 65.5 Å². The van der Waals surface area contributed by atoms with Crippen molar-refractivity contribution in [2.45, 2.75) is 26.7 Å². The average molecular weight is 461 g/mol. The quantitative estimate of drug-likeness (QED) is 0.413. The second kappa shape index (κ2) is 9.82. The second-order valence-corrected chi connectivity index (χ2v) is 7.90. The lowest BCUT2D eigenvalue weighted by Crippen LogP contribution is -2.14. The lowest BCUT2D eigenvalue weighted by molar-refractivity contribution is -0.116. The monoisotopic (exact) mass is 460 g/mol. The van der Waals surface area contributed by atoms with Gasteiger partial charge in [-0.15, -0.1) is 0 Å². The molecule has 0 bridgehead atoms. The normalized spacial score (nSPS) is 10.9. The zero-order valence-electron chi connectivity index (χ0n) is 20.0. The first-order valence-electron chi connectivity index (χ1n) is 11.0. The maximum Gasteiger partial charge on any atom is 0.224 e. The Hall–Kier alpha value is -4.07. The van der Waals surface area contributed by atoms with Gasteiger partial charge in [-0.1, -0.05) is 0 Å². The molecule has 8 heteroatoms. The van der Waals surface area contributed by atoms with Crippen molar-refractivity contribution in [3.8, 4) is 28.5 Å². The third-order valence-corrected chi connectivity index (χ3v) is 5.82. The second-order valence-electron chi connectivity index (χ2n) is 7.90. The minimum Gasteiger partial charge on any atom is -0.497 e. The van der Waals surface area contributed by atoms with E-state index in [0.29, 0.717) is 24.3 Å². The van der Waals surface area contributed by atoms with E-state index in [1.165, 1.54) is 0 Å². The highest BCUT2D eigenvalue weighted by molar-refractivity contribution is 5.90. The summed E-state index contributed by atoms with van der Waals surface area (Å²) in [6.07, 6.45) is 0.894. The summed E-state index contributed by atoms with van der Waals surface area (Å²) in [7, 11) is 4.85. The van der Waals surface area contributed by atoms with E-state index in [-0.39, 0.29) is 5.91 Å². The number of aromatic nitrogens is 3. The van der Waals surface area contributed by atoms with E-state index >= 15 is 0 Å². The van der Waals surface area contributed by atoms with Gasteiger partial charge in [-0.3, -0.25) is 4.79 Å². The fourth-order valence-electron chi connectivity index (χ4n) is 3.97. The van der Waals surface area contributed by atoms with Gasteiger partial charge in [0.1, 0.15) is 17.2 Å². The van der Waals surface area contributed by atoms with Crippen molar-refractivity contribution in [2.75, 3.05) is 26.6 Å². The van der Waals surface area contributed by atoms with Crippen molar-refractivity contribution in [1.29, 1.82) is 0 Å². The van der Waals surface area contributed by atoms with Gasteiger partial charge in [0, 0.05) is 41.2 Å². The molecule has 0 radical (unpaired) electrons. The van der Waals surface area contributed by atoms with E-state index in [1.54, 1.807) is 21.3 Å². The summed E-state index contributed by atoms with van der Waals surface area (Å²) in [6, 6.07) is 14.8. The molecule has 0 saturated carbocycles. The standard InChI is InChI=1S/C26H28N4O4/c1-16-21(12-13-26(31)28-18-6-8-19(32-3)9-7-18)17(2)30-25(27-16)15-23(29-30)22-11-10-20(33-4)14-24(22)34-5/h6-11,14-15H,12-13H2,1-5H3,(H,28,31). The molecular weight excluding hydrogens is 432 g/mol. The highest BCUT2D eigenvalue weighted by atomic mass is 16.5. The van der Waals surface area contributed by atoms with Crippen LogP contribution in [0.5, 0.6) is 17.2 Å². The summed E-state index contributed by atoms with van der Waals surface area (Å²) in [5.74, 6) is 2.07. The molecule has 8 nitrogen and oxygen atoms in total. The molecule has 176 valence electrons. The van der Waals surface area contributed by atoms with Crippen LogP contribution in [-0.2, 0) is 11.2 Å². The molecule has 2 aromatic heterocycles. The van der Waals surface area contributed by atoms with Gasteiger partial charge >= 0.3 is 0 Å². The van der Waals surface area contributed by atoms with Gasteiger partial charge < -0.3 is 19.5 Å². The summed E-state index contributed by atoms with van der Waals surface area (Å²) < 4.78 is 17.8. The van der Waals surface area contributed by atoms with Gasteiger partial charge in [0.25, 0.3) is 0 Å². The molecule has 0 spiro atoms. The molecule has 0 unspecified atom stereocenters. The van der Waals surface area contributed by atoms with Gasteiger partial charge in [0.15, 0.2) is 5.65 Å². The predicted octanol–water partition coefficient (Wildman–Crippen LogP) is 4.61. The number of fused-ring (bicyclic) bond motifs is 1. The van der Waals surface area contributed by atoms with Crippen LogP contribution in [0.4, 0.5) is 5.69 Å². The van der Waals surface area contributed by atoms with Gasteiger partial charge in [-0.25, -0.2) is 9.50 Å². The van der Waals surface area contributed by atoms with Crippen molar-refractivity contribution in [3.63, 3.8) is 0 Å². The predicted molar refractivity (Wildman–Crippen MR) is 131 cm³/mol. The molecule has 0 aliphatic rings. The number of hydrogen-bond acceptors (Lipinski definition) is 6. The first kappa shape index (κ1) is 23.1. The Morgan fingerprint density at radius 3 is 2.32 bits per heavy atom. The first-order valence-corrected chi connectivity index (χ1v) is 11.0. The Morgan fingerprint density at radius 1 is 0.941 bits per heavy atom. The molecule has 0 atom stereocenters. The molecule has 2 aromatic carbocycles. The number of benzene rings is 2. The molecule has 4 rings (SSSR count). The van der Waals surface area contributed by atoms with E-state index < -0.39 is 0 Å². The number of hydrogen-bond donors (Lipinski definition) is 1. The highest BCUT2D eigenvalue weighted by Crippen LogP contribution is 2.33. The van der Waals surface area contributed by atoms with Crippen molar-refractivity contribution < 1.29 is 19.0 Å². The smallest absolute Gasteiger partial charge is 0.224 e. The Labute approximate surface area is 198 Å². The lowest BCUT2D eigenvalue weighted by Gasteiger charge is -2.11. The van der Waals surface area contributed by atoms with Crippen LogP contribution in [0.15, 0.2) is 48.5 Å². The molecule has 0 aliphatic carbocycles. The number of carbonyl (C=O) groups excluding carboxylic acids is 1. The molecular formula is C26H28N4O4. The van der Waals surface area contributed by atoms with Crippen LogP contribution in [0.3, 0.4) is 0 Å². The molecule has 0 saturated heterocycles. The van der Waals surface area contributed by atoms with Gasteiger partial charge in [0.05, 0.1) is 27.0 Å². The van der Waals surface area contributed by atoms with Crippen LogP contribution in [0.25, 0.3) is 16.9 Å². The average Bonchev–Trinajstić information content (AvgIpc) is 3.27. The van der Waals surface area contributed by atoms with E-state index in [1.807, 2.05) is 66.9 Å². The molecule has 1 N–H and O–H groups in total. The molecule has 1 amide bonds. The minimum absolute atomic E-state index is 0.0619. The number of methoxy groups -OCH3 is 3. The number of nitrogens with zero attached hydrogens (tertiary/aromatic N) is 3. The summed E-state index contributed by atoms with van der Waals surface area (Å²) >= 11 is 0. The number of rotatable bonds is 8. The van der Waals surface area contributed by atoms with E-state index in [4.69, 9.17) is 24.3 Å². The number of aryl methyl sites for hydroxylation is 2. The topological polar surface area (TPSA) is 87.0 Å². The van der Waals surface area contributed by atoms with Crippen LogP contribution in [0.1, 0.15) is 23.4 Å². The minimum atomic E-state index is -0.0619. The van der Waals surface area contributed by atoms with Crippen molar-refractivity contribution in [2.24, 2.45) is 0 Å². The lowest BCUT2D eigenvalue weighted by atomic mass is 10.1. The number of anilines is 1. The van der Waals surface area contributed by atoms with Crippen LogP contribution in [0, 0.1) is 13.8 Å². The maximum atomic E-state index is 12.5. The number of ether oxygens (including phenoxy) is 3. The van der Waals surface area contributed by atoms with Crippen LogP contribution >= 0.6 is 0 Å². The Bertz CT molecular complexity index is 1330. The number of nitrogens with one attached hydrogen (secondary N) is 1. The number of amides is 1. The van der Waals surface area contributed by atoms with Crippen molar-refractivity contribution in [1.82, 2.24) is 14.6 Å². The zero-order valence-corrected chi connectivity index (χ0v) is 20.0. The fraction of sp³-hybridized carbons (Fsp3) is 0.269. The summed E-state index contributed by atoms with van der Waals surface area (Å²) in [5, 5.41) is 7.71. The van der Waals surface area contributed by atoms with Crippen LogP contribution in [-0.4, -0.2) is 41.8 Å².